The summed E-state index contributed by atoms with van der Waals surface area (Å²) >= 11 is 0. The average molecular weight is 342 g/mol. The standard InChI is InChI=1S/C19H22N2O4/c1-11-12(2)25-13(3)18(11)19(23)20-14-7-8-15(16(10-14)24-4)21-9-5-6-17(21)22/h7-8,10H,5-6,9H2,1-4H3,(H,20,23). The van der Waals surface area contributed by atoms with E-state index in [9.17, 15) is 9.59 Å². The van der Waals surface area contributed by atoms with Crippen molar-refractivity contribution in [2.45, 2.75) is 33.6 Å². The molecular formula is C19H22N2O4. The molecule has 2 aromatic rings. The van der Waals surface area contributed by atoms with E-state index >= 15 is 0 Å². The quantitative estimate of drug-likeness (QED) is 0.921. The number of methoxy groups -OCH3 is 1. The van der Waals surface area contributed by atoms with E-state index in [2.05, 4.69) is 5.32 Å². The molecule has 25 heavy (non-hydrogen) atoms. The van der Waals surface area contributed by atoms with Crippen LogP contribution in [0.3, 0.4) is 0 Å². The third-order valence-corrected chi connectivity index (χ3v) is 4.59. The molecule has 0 radical (unpaired) electrons. The minimum atomic E-state index is -0.223. The summed E-state index contributed by atoms with van der Waals surface area (Å²) in [6.07, 6.45) is 1.40. The first-order valence-corrected chi connectivity index (χ1v) is 8.28. The number of carbonyl (C=O) groups is 2. The number of hydrogen-bond acceptors (Lipinski definition) is 4. The van der Waals surface area contributed by atoms with E-state index in [4.69, 9.17) is 9.15 Å². The minimum absolute atomic E-state index is 0.0928. The lowest BCUT2D eigenvalue weighted by atomic mass is 10.1. The number of nitrogens with zero attached hydrogens (tertiary/aromatic N) is 1. The number of rotatable bonds is 4. The summed E-state index contributed by atoms with van der Waals surface area (Å²) < 4.78 is 10.9. The average Bonchev–Trinajstić information content (AvgIpc) is 3.10. The predicted octanol–water partition coefficient (Wildman–Crippen LogP) is 3.59. The number of benzene rings is 1. The SMILES string of the molecule is COc1cc(NC(=O)c2c(C)oc(C)c2C)ccc1N1CCCC1=O. The van der Waals surface area contributed by atoms with E-state index < -0.39 is 0 Å². The van der Waals surface area contributed by atoms with Gasteiger partial charge in [0.2, 0.25) is 5.91 Å². The second kappa shape index (κ2) is 6.63. The lowest BCUT2D eigenvalue weighted by Gasteiger charge is -2.19. The van der Waals surface area contributed by atoms with Crippen molar-refractivity contribution in [3.8, 4) is 5.75 Å². The number of ether oxygens (including phenoxy) is 1. The van der Waals surface area contributed by atoms with Crippen LogP contribution in [0.1, 0.15) is 40.3 Å². The molecule has 6 nitrogen and oxygen atoms in total. The van der Waals surface area contributed by atoms with Crippen LogP contribution in [0.4, 0.5) is 11.4 Å². The zero-order chi connectivity index (χ0) is 18.1. The molecule has 0 atom stereocenters. The Kier molecular flexibility index (Phi) is 4.53. The number of aryl methyl sites for hydroxylation is 2. The number of furan rings is 1. The predicted molar refractivity (Wildman–Crippen MR) is 95.5 cm³/mol. The first-order valence-electron chi connectivity index (χ1n) is 8.28. The fourth-order valence-corrected chi connectivity index (χ4v) is 3.20. The summed E-state index contributed by atoms with van der Waals surface area (Å²) in [6.45, 7) is 6.17. The molecule has 0 unspecified atom stereocenters. The van der Waals surface area contributed by atoms with Crippen molar-refractivity contribution in [3.63, 3.8) is 0 Å². The van der Waals surface area contributed by atoms with Crippen LogP contribution in [0.15, 0.2) is 22.6 Å². The molecule has 1 N–H and O–H groups in total. The van der Waals surface area contributed by atoms with Crippen LogP contribution < -0.4 is 15.0 Å². The van der Waals surface area contributed by atoms with Gasteiger partial charge in [0.1, 0.15) is 17.3 Å². The van der Waals surface area contributed by atoms with Gasteiger partial charge in [-0.15, -0.1) is 0 Å². The number of carbonyl (C=O) groups excluding carboxylic acids is 2. The summed E-state index contributed by atoms with van der Waals surface area (Å²) in [7, 11) is 1.55. The van der Waals surface area contributed by atoms with Crippen LogP contribution in [0.2, 0.25) is 0 Å². The monoisotopic (exact) mass is 342 g/mol. The van der Waals surface area contributed by atoms with Crippen LogP contribution in [0.5, 0.6) is 5.75 Å². The molecule has 132 valence electrons. The topological polar surface area (TPSA) is 71.8 Å². The largest absolute Gasteiger partial charge is 0.494 e. The van der Waals surface area contributed by atoms with Crippen LogP contribution in [-0.4, -0.2) is 25.5 Å². The Hall–Kier alpha value is -2.76. The van der Waals surface area contributed by atoms with Gasteiger partial charge in [0.05, 0.1) is 18.4 Å². The normalized spacial score (nSPS) is 14.1. The summed E-state index contributed by atoms with van der Waals surface area (Å²) in [5.74, 6) is 1.76. The molecule has 2 amide bonds. The molecule has 3 rings (SSSR count). The maximum Gasteiger partial charge on any atom is 0.259 e. The summed E-state index contributed by atoms with van der Waals surface area (Å²) in [5.41, 5.74) is 2.72. The Morgan fingerprint density at radius 2 is 2.00 bits per heavy atom. The van der Waals surface area contributed by atoms with Crippen molar-refractivity contribution in [2.24, 2.45) is 0 Å². The molecule has 0 spiro atoms. The molecule has 1 aliphatic heterocycles. The van der Waals surface area contributed by atoms with E-state index in [0.717, 1.165) is 23.4 Å². The van der Waals surface area contributed by atoms with Gasteiger partial charge in [-0.3, -0.25) is 9.59 Å². The van der Waals surface area contributed by atoms with Gasteiger partial charge in [0.25, 0.3) is 5.91 Å². The van der Waals surface area contributed by atoms with Crippen LogP contribution >= 0.6 is 0 Å². The number of amides is 2. The molecule has 1 saturated heterocycles. The summed E-state index contributed by atoms with van der Waals surface area (Å²) in [4.78, 5) is 26.3. The molecule has 1 aromatic heterocycles. The van der Waals surface area contributed by atoms with Gasteiger partial charge in [-0.05, 0) is 39.3 Å². The Morgan fingerprint density at radius 1 is 1.24 bits per heavy atom. The smallest absolute Gasteiger partial charge is 0.259 e. The first-order chi connectivity index (χ1) is 11.9. The van der Waals surface area contributed by atoms with E-state index in [1.54, 1.807) is 37.1 Å². The Balaban J connectivity index is 1.86. The Morgan fingerprint density at radius 3 is 2.56 bits per heavy atom. The van der Waals surface area contributed by atoms with Gasteiger partial charge < -0.3 is 19.4 Å². The maximum absolute atomic E-state index is 12.6. The lowest BCUT2D eigenvalue weighted by Crippen LogP contribution is -2.24. The van der Waals surface area contributed by atoms with Gasteiger partial charge >= 0.3 is 0 Å². The van der Waals surface area contributed by atoms with Gasteiger partial charge in [-0.25, -0.2) is 0 Å². The van der Waals surface area contributed by atoms with Crippen molar-refractivity contribution in [1.29, 1.82) is 0 Å². The van der Waals surface area contributed by atoms with Crippen LogP contribution in [-0.2, 0) is 4.79 Å². The lowest BCUT2D eigenvalue weighted by molar-refractivity contribution is -0.117. The molecular weight excluding hydrogens is 320 g/mol. The highest BCUT2D eigenvalue weighted by molar-refractivity contribution is 6.06. The second-order valence-corrected chi connectivity index (χ2v) is 6.20. The van der Waals surface area contributed by atoms with E-state index in [1.807, 2.05) is 13.8 Å². The van der Waals surface area contributed by atoms with Crippen molar-refractivity contribution in [2.75, 3.05) is 23.9 Å². The second-order valence-electron chi connectivity index (χ2n) is 6.20. The molecule has 1 aromatic carbocycles. The highest BCUT2D eigenvalue weighted by atomic mass is 16.5. The number of hydrogen-bond donors (Lipinski definition) is 1. The third-order valence-electron chi connectivity index (χ3n) is 4.59. The van der Waals surface area contributed by atoms with E-state index in [1.165, 1.54) is 0 Å². The molecule has 1 fully saturated rings. The van der Waals surface area contributed by atoms with Crippen molar-refractivity contribution >= 4 is 23.2 Å². The molecule has 1 aliphatic rings. The third kappa shape index (κ3) is 3.12. The molecule has 0 bridgehead atoms. The number of nitrogens with one attached hydrogen (secondary N) is 1. The zero-order valence-corrected chi connectivity index (χ0v) is 14.9. The summed E-state index contributed by atoms with van der Waals surface area (Å²) in [5, 5.41) is 2.87. The fourth-order valence-electron chi connectivity index (χ4n) is 3.20. The Bertz CT molecular complexity index is 838. The molecule has 0 aliphatic carbocycles. The molecule has 2 heterocycles. The van der Waals surface area contributed by atoms with Gasteiger partial charge in [0.15, 0.2) is 0 Å². The van der Waals surface area contributed by atoms with Crippen molar-refractivity contribution < 1.29 is 18.7 Å². The van der Waals surface area contributed by atoms with Crippen molar-refractivity contribution in [1.82, 2.24) is 0 Å². The van der Waals surface area contributed by atoms with Gasteiger partial charge in [0, 0.05) is 30.3 Å². The number of anilines is 2. The molecule has 6 heteroatoms. The minimum Gasteiger partial charge on any atom is -0.494 e. The zero-order valence-electron chi connectivity index (χ0n) is 14.9. The van der Waals surface area contributed by atoms with Crippen LogP contribution in [0, 0.1) is 20.8 Å². The highest BCUT2D eigenvalue weighted by Gasteiger charge is 2.25. The first kappa shape index (κ1) is 17.1. The maximum atomic E-state index is 12.6. The van der Waals surface area contributed by atoms with Crippen LogP contribution in [0.25, 0.3) is 0 Å². The summed E-state index contributed by atoms with van der Waals surface area (Å²) in [6, 6.07) is 5.31. The highest BCUT2D eigenvalue weighted by Crippen LogP contribution is 2.34. The van der Waals surface area contributed by atoms with E-state index in [-0.39, 0.29) is 11.8 Å². The van der Waals surface area contributed by atoms with Gasteiger partial charge in [-0.2, -0.15) is 0 Å². The van der Waals surface area contributed by atoms with Gasteiger partial charge in [-0.1, -0.05) is 0 Å². The Labute approximate surface area is 146 Å². The molecule has 0 saturated carbocycles. The van der Waals surface area contributed by atoms with E-state index in [0.29, 0.717) is 35.7 Å². The fraction of sp³-hybridized carbons (Fsp3) is 0.368. The van der Waals surface area contributed by atoms with Crippen molar-refractivity contribution in [3.05, 3.63) is 40.8 Å².